The minimum Gasteiger partial charge on any atom is -0.379 e. The molecule has 6 rings (SSSR count). The SMILES string of the molecule is C1=CC(c2ccccc2)=C(N2B(c3ccccc3)c3ccccc3-c3ccccc32)CC1. The molecule has 0 saturated heterocycles. The summed E-state index contributed by atoms with van der Waals surface area (Å²) in [6.45, 7) is 0.141. The van der Waals surface area contributed by atoms with Crippen molar-refractivity contribution in [3.63, 3.8) is 0 Å². The van der Waals surface area contributed by atoms with Gasteiger partial charge in [-0.15, -0.1) is 0 Å². The first-order chi connectivity index (χ1) is 15.9. The highest BCUT2D eigenvalue weighted by molar-refractivity contribution is 6.90. The minimum atomic E-state index is 0.141. The average molecular weight is 409 g/mol. The fraction of sp³-hybridized carbons (Fsp3) is 0.0667. The summed E-state index contributed by atoms with van der Waals surface area (Å²) in [6, 6.07) is 39.6. The summed E-state index contributed by atoms with van der Waals surface area (Å²) >= 11 is 0. The summed E-state index contributed by atoms with van der Waals surface area (Å²) in [5, 5.41) is 0. The topological polar surface area (TPSA) is 3.24 Å². The lowest BCUT2D eigenvalue weighted by Crippen LogP contribution is -2.59. The van der Waals surface area contributed by atoms with E-state index in [2.05, 4.69) is 126 Å². The van der Waals surface area contributed by atoms with Crippen molar-refractivity contribution in [3.05, 3.63) is 133 Å². The molecule has 4 aromatic carbocycles. The van der Waals surface area contributed by atoms with Crippen molar-refractivity contribution in [2.45, 2.75) is 12.8 Å². The molecule has 0 saturated carbocycles. The van der Waals surface area contributed by atoms with E-state index in [1.165, 1.54) is 44.6 Å². The van der Waals surface area contributed by atoms with E-state index in [4.69, 9.17) is 0 Å². The molecular weight excluding hydrogens is 385 g/mol. The van der Waals surface area contributed by atoms with E-state index in [0.717, 1.165) is 12.8 Å². The van der Waals surface area contributed by atoms with Crippen molar-refractivity contribution in [2.75, 3.05) is 4.81 Å². The highest BCUT2D eigenvalue weighted by Crippen LogP contribution is 2.41. The number of allylic oxidation sites excluding steroid dienone is 4. The third-order valence-electron chi connectivity index (χ3n) is 6.60. The molecule has 1 nitrogen and oxygen atoms in total. The lowest BCUT2D eigenvalue weighted by molar-refractivity contribution is 0.940. The molecule has 0 unspecified atom stereocenters. The van der Waals surface area contributed by atoms with Crippen molar-refractivity contribution in [2.24, 2.45) is 0 Å². The summed E-state index contributed by atoms with van der Waals surface area (Å²) in [5.74, 6) is 0. The number of fused-ring (bicyclic) bond motifs is 3. The molecule has 0 fully saturated rings. The number of benzene rings is 4. The Labute approximate surface area is 190 Å². The van der Waals surface area contributed by atoms with Crippen molar-refractivity contribution >= 4 is 29.0 Å². The molecule has 0 radical (unpaired) electrons. The zero-order chi connectivity index (χ0) is 21.3. The molecule has 1 aliphatic carbocycles. The second-order valence-electron chi connectivity index (χ2n) is 8.46. The molecule has 152 valence electrons. The van der Waals surface area contributed by atoms with Crippen LogP contribution in [0, 0.1) is 0 Å². The van der Waals surface area contributed by atoms with Crippen LogP contribution in [-0.2, 0) is 0 Å². The maximum absolute atomic E-state index is 2.61. The first-order valence-electron chi connectivity index (χ1n) is 11.4. The van der Waals surface area contributed by atoms with Crippen LogP contribution in [0.2, 0.25) is 0 Å². The van der Waals surface area contributed by atoms with Gasteiger partial charge in [0.2, 0.25) is 0 Å². The van der Waals surface area contributed by atoms with Crippen LogP contribution >= 0.6 is 0 Å². The third kappa shape index (κ3) is 3.11. The average Bonchev–Trinajstić information content (AvgIpc) is 2.89. The minimum absolute atomic E-state index is 0.141. The van der Waals surface area contributed by atoms with Crippen LogP contribution in [0.25, 0.3) is 16.7 Å². The van der Waals surface area contributed by atoms with Gasteiger partial charge in [-0.25, -0.2) is 0 Å². The van der Waals surface area contributed by atoms with Crippen molar-refractivity contribution in [1.29, 1.82) is 0 Å². The second-order valence-corrected chi connectivity index (χ2v) is 8.46. The molecule has 1 heterocycles. The van der Waals surface area contributed by atoms with E-state index in [-0.39, 0.29) is 6.85 Å². The Kier molecular flexibility index (Phi) is 4.77. The predicted molar refractivity (Wildman–Crippen MR) is 138 cm³/mol. The van der Waals surface area contributed by atoms with Gasteiger partial charge >= 0.3 is 6.85 Å². The van der Waals surface area contributed by atoms with Crippen molar-refractivity contribution < 1.29 is 0 Å². The molecule has 0 atom stereocenters. The molecular formula is C30H24BN. The van der Waals surface area contributed by atoms with Gasteiger partial charge < -0.3 is 4.81 Å². The van der Waals surface area contributed by atoms with Gasteiger partial charge in [0.05, 0.1) is 0 Å². The number of hydrogen-bond donors (Lipinski definition) is 0. The Hall–Kier alpha value is -3.78. The Morgan fingerprint density at radius 1 is 0.625 bits per heavy atom. The summed E-state index contributed by atoms with van der Waals surface area (Å²) in [4.78, 5) is 2.61. The van der Waals surface area contributed by atoms with Crippen LogP contribution < -0.4 is 15.7 Å². The number of anilines is 1. The van der Waals surface area contributed by atoms with Crippen LogP contribution in [0.1, 0.15) is 18.4 Å². The number of para-hydroxylation sites is 1. The first-order valence-corrected chi connectivity index (χ1v) is 11.4. The van der Waals surface area contributed by atoms with E-state index in [1.54, 1.807) is 0 Å². The van der Waals surface area contributed by atoms with Crippen LogP contribution in [-0.4, -0.2) is 6.85 Å². The van der Waals surface area contributed by atoms with Gasteiger partial charge in [0, 0.05) is 16.9 Å². The Balaban J connectivity index is 1.66. The number of hydrogen-bond acceptors (Lipinski definition) is 1. The number of nitrogens with zero attached hydrogens (tertiary/aromatic N) is 1. The normalized spacial score (nSPS) is 14.9. The molecule has 2 aliphatic rings. The maximum Gasteiger partial charge on any atom is 0.328 e. The highest BCUT2D eigenvalue weighted by Gasteiger charge is 2.38. The van der Waals surface area contributed by atoms with Crippen LogP contribution in [0.4, 0.5) is 5.69 Å². The first kappa shape index (κ1) is 19.0. The smallest absolute Gasteiger partial charge is 0.328 e. The quantitative estimate of drug-likeness (QED) is 0.373. The second kappa shape index (κ2) is 8.05. The molecule has 0 amide bonds. The van der Waals surface area contributed by atoms with E-state index in [0.29, 0.717) is 0 Å². The standard InChI is InChI=1S/C30H24BN/c1-3-13-23(14-4-1)25-17-8-11-21-29(25)32-30-22-12-9-19-27(30)26-18-7-10-20-28(26)31(32)24-15-5-2-6-16-24/h1-10,12-20,22H,11,21H2. The van der Waals surface area contributed by atoms with Crippen LogP contribution in [0.15, 0.2) is 127 Å². The predicted octanol–water partition coefficient (Wildman–Crippen LogP) is 6.04. The Bertz CT molecular complexity index is 1320. The van der Waals surface area contributed by atoms with Gasteiger partial charge in [-0.3, -0.25) is 0 Å². The zero-order valence-corrected chi connectivity index (χ0v) is 18.0. The third-order valence-corrected chi connectivity index (χ3v) is 6.60. The molecule has 0 bridgehead atoms. The largest absolute Gasteiger partial charge is 0.379 e. The van der Waals surface area contributed by atoms with E-state index < -0.39 is 0 Å². The van der Waals surface area contributed by atoms with Gasteiger partial charge in [-0.1, -0.05) is 121 Å². The molecule has 2 heteroatoms. The van der Waals surface area contributed by atoms with Gasteiger partial charge in [0.15, 0.2) is 0 Å². The van der Waals surface area contributed by atoms with Crippen LogP contribution in [0.5, 0.6) is 0 Å². The molecule has 32 heavy (non-hydrogen) atoms. The Morgan fingerprint density at radius 3 is 2.09 bits per heavy atom. The monoisotopic (exact) mass is 409 g/mol. The van der Waals surface area contributed by atoms with Crippen molar-refractivity contribution in [1.82, 2.24) is 0 Å². The summed E-state index contributed by atoms with van der Waals surface area (Å²) < 4.78 is 0. The highest BCUT2D eigenvalue weighted by atomic mass is 15.1. The fourth-order valence-corrected chi connectivity index (χ4v) is 5.22. The molecule has 4 aromatic rings. The molecule has 0 N–H and O–H groups in total. The lowest BCUT2D eigenvalue weighted by Gasteiger charge is -2.41. The lowest BCUT2D eigenvalue weighted by atomic mass is 9.45. The maximum atomic E-state index is 2.61. The molecule has 0 aromatic heterocycles. The van der Waals surface area contributed by atoms with Gasteiger partial charge in [-0.05, 0) is 41.1 Å². The Morgan fingerprint density at radius 2 is 1.28 bits per heavy atom. The van der Waals surface area contributed by atoms with Gasteiger partial charge in [0.1, 0.15) is 0 Å². The van der Waals surface area contributed by atoms with Crippen molar-refractivity contribution in [3.8, 4) is 11.1 Å². The molecule has 0 spiro atoms. The zero-order valence-electron chi connectivity index (χ0n) is 18.0. The summed E-state index contributed by atoms with van der Waals surface area (Å²) in [6.07, 6.45) is 6.72. The van der Waals surface area contributed by atoms with E-state index in [1.807, 2.05) is 0 Å². The van der Waals surface area contributed by atoms with Crippen LogP contribution in [0.3, 0.4) is 0 Å². The summed E-state index contributed by atoms with van der Waals surface area (Å²) in [5.41, 5.74) is 10.6. The molecule has 1 aliphatic heterocycles. The summed E-state index contributed by atoms with van der Waals surface area (Å²) in [7, 11) is 0. The van der Waals surface area contributed by atoms with Gasteiger partial charge in [-0.2, -0.15) is 0 Å². The van der Waals surface area contributed by atoms with Gasteiger partial charge in [0.25, 0.3) is 0 Å². The van der Waals surface area contributed by atoms with E-state index in [9.17, 15) is 0 Å². The fourth-order valence-electron chi connectivity index (χ4n) is 5.22. The number of rotatable bonds is 3. The van der Waals surface area contributed by atoms with E-state index >= 15 is 0 Å².